The van der Waals surface area contributed by atoms with Crippen LogP contribution in [0.2, 0.25) is 0 Å². The first-order chi connectivity index (χ1) is 15.5. The molecule has 1 saturated carbocycles. The van der Waals surface area contributed by atoms with Gasteiger partial charge in [-0.2, -0.15) is 10.5 Å². The topological polar surface area (TPSA) is 111 Å². The second-order valence-electron chi connectivity index (χ2n) is 8.90. The molecule has 4 unspecified atom stereocenters. The summed E-state index contributed by atoms with van der Waals surface area (Å²) in [6.45, 7) is 0. The molecule has 1 aliphatic carbocycles. The Balaban J connectivity index is 1.43. The van der Waals surface area contributed by atoms with Crippen molar-refractivity contribution in [2.75, 3.05) is 0 Å². The van der Waals surface area contributed by atoms with E-state index in [9.17, 15) is 20.1 Å². The number of fused-ring (bicyclic) bond motifs is 5. The highest BCUT2D eigenvalue weighted by Crippen LogP contribution is 2.35. The van der Waals surface area contributed by atoms with Gasteiger partial charge in [0.15, 0.2) is 0 Å². The van der Waals surface area contributed by atoms with Crippen molar-refractivity contribution in [2.45, 2.75) is 43.8 Å². The molecule has 1 saturated heterocycles. The van der Waals surface area contributed by atoms with Crippen LogP contribution in [0.4, 0.5) is 0 Å². The maximum atomic E-state index is 13.0. The summed E-state index contributed by atoms with van der Waals surface area (Å²) in [6, 6.07) is 14.8. The summed E-state index contributed by atoms with van der Waals surface area (Å²) >= 11 is 0. The van der Waals surface area contributed by atoms with Crippen molar-refractivity contribution in [2.24, 2.45) is 13.0 Å². The molecule has 160 valence electrons. The fourth-order valence-electron chi connectivity index (χ4n) is 5.30. The Morgan fingerprint density at radius 3 is 2.69 bits per heavy atom. The van der Waals surface area contributed by atoms with Gasteiger partial charge in [0.1, 0.15) is 6.04 Å². The molecule has 7 heteroatoms. The molecular weight excluding hydrogens is 402 g/mol. The Kier molecular flexibility index (Phi) is 4.92. The van der Waals surface area contributed by atoms with Crippen LogP contribution in [0.5, 0.6) is 0 Å². The third-order valence-corrected chi connectivity index (χ3v) is 6.95. The first-order valence-corrected chi connectivity index (χ1v) is 10.9. The van der Waals surface area contributed by atoms with E-state index in [0.29, 0.717) is 34.8 Å². The number of hydrogen-bond acceptors (Lipinski definition) is 5. The lowest BCUT2D eigenvalue weighted by Gasteiger charge is -2.23. The Bertz CT molecular complexity index is 1390. The van der Waals surface area contributed by atoms with Gasteiger partial charge in [0.25, 0.3) is 5.56 Å². The van der Waals surface area contributed by atoms with Crippen LogP contribution in [-0.2, 0) is 18.3 Å². The third kappa shape index (κ3) is 3.32. The van der Waals surface area contributed by atoms with E-state index in [-0.39, 0.29) is 17.5 Å². The molecule has 2 heterocycles. The molecule has 0 spiro atoms. The number of carbonyl (C=O) groups is 1. The van der Waals surface area contributed by atoms with E-state index < -0.39 is 6.04 Å². The molecule has 3 aromatic rings. The van der Waals surface area contributed by atoms with Crippen molar-refractivity contribution in [3.05, 3.63) is 57.9 Å². The zero-order valence-corrected chi connectivity index (χ0v) is 17.8. The standard InChI is InChI=1S/C25H23N5O2/c1-30-22-10-15(12-26)3-7-20(22)19-6-2-14(9-21(19)25(30)32)8-18(13-27)29-24(31)23-16-4-5-17(11-16)28-23/h2-3,6-7,9-10,16-18,23,28H,4-5,8,11H2,1H3,(H,29,31). The highest BCUT2D eigenvalue weighted by atomic mass is 16.2. The number of piperidine rings is 1. The number of carbonyl (C=O) groups excluding carboxylic acids is 1. The summed E-state index contributed by atoms with van der Waals surface area (Å²) in [4.78, 5) is 25.7. The molecule has 2 bridgehead atoms. The number of benzene rings is 2. The summed E-state index contributed by atoms with van der Waals surface area (Å²) in [6.07, 6.45) is 3.54. The average Bonchev–Trinajstić information content (AvgIpc) is 3.45. The quantitative estimate of drug-likeness (QED) is 0.623. The van der Waals surface area contributed by atoms with E-state index in [1.54, 1.807) is 23.7 Å². The van der Waals surface area contributed by atoms with E-state index in [1.807, 2.05) is 24.3 Å². The van der Waals surface area contributed by atoms with Gasteiger partial charge in [0, 0.05) is 30.3 Å². The molecule has 2 aliphatic rings. The van der Waals surface area contributed by atoms with Crippen molar-refractivity contribution >= 4 is 27.6 Å². The van der Waals surface area contributed by atoms with Gasteiger partial charge in [-0.25, -0.2) is 0 Å². The Labute approximate surface area is 185 Å². The van der Waals surface area contributed by atoms with Crippen LogP contribution in [0, 0.1) is 28.6 Å². The van der Waals surface area contributed by atoms with Crippen LogP contribution < -0.4 is 16.2 Å². The van der Waals surface area contributed by atoms with Gasteiger partial charge in [-0.05, 0) is 54.3 Å². The predicted molar refractivity (Wildman–Crippen MR) is 121 cm³/mol. The van der Waals surface area contributed by atoms with Gasteiger partial charge < -0.3 is 15.2 Å². The molecule has 4 atom stereocenters. The van der Waals surface area contributed by atoms with Gasteiger partial charge in [-0.15, -0.1) is 0 Å². The summed E-state index contributed by atoms with van der Waals surface area (Å²) in [5.74, 6) is 0.248. The fraction of sp³-hybridized carbons (Fsp3) is 0.360. The van der Waals surface area contributed by atoms with Gasteiger partial charge in [0.05, 0.1) is 29.3 Å². The summed E-state index contributed by atoms with van der Waals surface area (Å²) in [5, 5.41) is 27.3. The maximum Gasteiger partial charge on any atom is 0.258 e. The fourth-order valence-corrected chi connectivity index (χ4v) is 5.30. The number of amides is 1. The number of aryl methyl sites for hydroxylation is 1. The van der Waals surface area contributed by atoms with Gasteiger partial charge in [-0.3, -0.25) is 9.59 Å². The highest BCUT2D eigenvalue weighted by Gasteiger charge is 2.43. The number of rotatable bonds is 4. The van der Waals surface area contributed by atoms with Gasteiger partial charge in [0.2, 0.25) is 5.91 Å². The van der Waals surface area contributed by atoms with Crippen LogP contribution in [0.25, 0.3) is 21.7 Å². The molecule has 5 rings (SSSR count). The first kappa shape index (κ1) is 20.2. The van der Waals surface area contributed by atoms with Crippen LogP contribution in [0.1, 0.15) is 30.4 Å². The number of nitriles is 2. The van der Waals surface area contributed by atoms with Crippen LogP contribution >= 0.6 is 0 Å². The van der Waals surface area contributed by atoms with Gasteiger partial charge in [-0.1, -0.05) is 18.2 Å². The number of hydrogen-bond donors (Lipinski definition) is 2. The smallest absolute Gasteiger partial charge is 0.258 e. The minimum Gasteiger partial charge on any atom is -0.339 e. The monoisotopic (exact) mass is 425 g/mol. The predicted octanol–water partition coefficient (Wildman–Crippen LogP) is 2.25. The summed E-state index contributed by atoms with van der Waals surface area (Å²) < 4.78 is 1.55. The number of pyridine rings is 1. The van der Waals surface area contributed by atoms with Gasteiger partial charge >= 0.3 is 0 Å². The second kappa shape index (κ2) is 7.78. The van der Waals surface area contributed by atoms with Crippen LogP contribution in [0.15, 0.2) is 41.2 Å². The second-order valence-corrected chi connectivity index (χ2v) is 8.90. The van der Waals surface area contributed by atoms with Crippen molar-refractivity contribution < 1.29 is 4.79 Å². The molecule has 32 heavy (non-hydrogen) atoms. The number of nitrogens with one attached hydrogen (secondary N) is 2. The minimum absolute atomic E-state index is 0.111. The maximum absolute atomic E-state index is 13.0. The summed E-state index contributed by atoms with van der Waals surface area (Å²) in [5.41, 5.74) is 1.86. The molecule has 1 aromatic heterocycles. The van der Waals surface area contributed by atoms with E-state index in [0.717, 1.165) is 35.6 Å². The lowest BCUT2D eigenvalue weighted by Crippen LogP contribution is -2.50. The number of nitrogens with zero attached hydrogens (tertiary/aromatic N) is 3. The molecule has 2 aromatic carbocycles. The zero-order chi connectivity index (χ0) is 22.4. The zero-order valence-electron chi connectivity index (χ0n) is 17.8. The molecular formula is C25H23N5O2. The molecule has 0 radical (unpaired) electrons. The SMILES string of the molecule is Cn1c(=O)c2cc(CC(C#N)NC(=O)C3NC4CCC3C4)ccc2c2ccc(C#N)cc21. The summed E-state index contributed by atoms with van der Waals surface area (Å²) in [7, 11) is 1.69. The Morgan fingerprint density at radius 2 is 2.00 bits per heavy atom. The third-order valence-electron chi connectivity index (χ3n) is 6.95. The Hall–Kier alpha value is -3.68. The van der Waals surface area contributed by atoms with E-state index in [4.69, 9.17) is 0 Å². The first-order valence-electron chi connectivity index (χ1n) is 10.9. The normalized spacial score (nSPS) is 22.5. The molecule has 1 aliphatic heterocycles. The minimum atomic E-state index is -0.664. The van der Waals surface area contributed by atoms with Crippen molar-refractivity contribution in [3.8, 4) is 12.1 Å². The molecule has 7 nitrogen and oxygen atoms in total. The molecule has 2 N–H and O–H groups in total. The Morgan fingerprint density at radius 1 is 1.19 bits per heavy atom. The largest absolute Gasteiger partial charge is 0.339 e. The highest BCUT2D eigenvalue weighted by molar-refractivity contribution is 6.06. The average molecular weight is 425 g/mol. The van der Waals surface area contributed by atoms with E-state index in [2.05, 4.69) is 22.8 Å². The number of aromatic nitrogens is 1. The molecule has 2 fully saturated rings. The van der Waals surface area contributed by atoms with E-state index in [1.165, 1.54) is 0 Å². The van der Waals surface area contributed by atoms with E-state index >= 15 is 0 Å². The van der Waals surface area contributed by atoms with Crippen LogP contribution in [0.3, 0.4) is 0 Å². The van der Waals surface area contributed by atoms with Crippen molar-refractivity contribution in [3.63, 3.8) is 0 Å². The van der Waals surface area contributed by atoms with Crippen molar-refractivity contribution in [1.29, 1.82) is 10.5 Å². The molecule has 1 amide bonds. The van der Waals surface area contributed by atoms with Crippen LogP contribution in [-0.4, -0.2) is 28.6 Å². The van der Waals surface area contributed by atoms with Crippen molar-refractivity contribution in [1.82, 2.24) is 15.2 Å². The lowest BCUT2D eigenvalue weighted by atomic mass is 9.97. The lowest BCUT2D eigenvalue weighted by molar-refractivity contribution is -0.124.